The molecule has 0 fully saturated rings. The summed E-state index contributed by atoms with van der Waals surface area (Å²) in [5.41, 5.74) is 3.33. The van der Waals surface area contributed by atoms with E-state index < -0.39 is 0 Å². The van der Waals surface area contributed by atoms with Crippen molar-refractivity contribution in [2.24, 2.45) is 0 Å². The minimum Gasteiger partial charge on any atom is -0.507 e. The number of halogens is 1. The van der Waals surface area contributed by atoms with Crippen LogP contribution in [0.1, 0.15) is 11.1 Å². The van der Waals surface area contributed by atoms with Gasteiger partial charge in [0.15, 0.2) is 0 Å². The first-order valence-corrected chi connectivity index (χ1v) is 7.37. The molecule has 0 aliphatic rings. The van der Waals surface area contributed by atoms with Gasteiger partial charge < -0.3 is 5.11 Å². The molecule has 0 amide bonds. The average Bonchev–Trinajstić information content (AvgIpc) is 2.58. The van der Waals surface area contributed by atoms with E-state index in [4.69, 9.17) is 10.4 Å². The zero-order valence-electron chi connectivity index (χ0n) is 12.7. The summed E-state index contributed by atoms with van der Waals surface area (Å²) in [6.45, 7) is 0. The van der Waals surface area contributed by atoms with Crippen molar-refractivity contribution >= 4 is 5.69 Å². The van der Waals surface area contributed by atoms with Crippen LogP contribution in [0.2, 0.25) is 0 Å². The zero-order valence-corrected chi connectivity index (χ0v) is 12.7. The highest BCUT2D eigenvalue weighted by Gasteiger charge is 2.09. The van der Waals surface area contributed by atoms with Gasteiger partial charge in [-0.2, -0.15) is 0 Å². The molecule has 0 aliphatic carbocycles. The van der Waals surface area contributed by atoms with Gasteiger partial charge in [-0.05, 0) is 59.5 Å². The summed E-state index contributed by atoms with van der Waals surface area (Å²) < 4.78 is 13.0. The first kappa shape index (κ1) is 16.0. The van der Waals surface area contributed by atoms with E-state index in [0.29, 0.717) is 17.5 Å². The topological polar surface area (TPSA) is 63.9 Å². The van der Waals surface area contributed by atoms with E-state index in [1.807, 2.05) is 6.07 Å². The lowest BCUT2D eigenvalue weighted by Crippen LogP contribution is -2.10. The number of anilines is 1. The van der Waals surface area contributed by atoms with E-state index in [1.54, 1.807) is 42.5 Å². The lowest BCUT2D eigenvalue weighted by atomic mass is 9.98. The maximum atomic E-state index is 13.0. The SMILES string of the molecule is Oc1ccc(Cc2ccc(F)cc2)cc1-c1cccc(N(O)O)c1. The van der Waals surface area contributed by atoms with Crippen molar-refractivity contribution in [1.29, 1.82) is 0 Å². The second-order valence-electron chi connectivity index (χ2n) is 5.49. The third-order valence-corrected chi connectivity index (χ3v) is 3.77. The van der Waals surface area contributed by atoms with Gasteiger partial charge in [0.1, 0.15) is 11.6 Å². The van der Waals surface area contributed by atoms with Gasteiger partial charge in [-0.25, -0.2) is 4.39 Å². The van der Waals surface area contributed by atoms with Gasteiger partial charge in [-0.1, -0.05) is 30.3 Å². The number of hydrogen-bond donors (Lipinski definition) is 3. The van der Waals surface area contributed by atoms with E-state index in [1.165, 1.54) is 18.2 Å². The first-order chi connectivity index (χ1) is 11.5. The van der Waals surface area contributed by atoms with Gasteiger partial charge in [-0.15, -0.1) is 5.23 Å². The van der Waals surface area contributed by atoms with E-state index in [0.717, 1.165) is 11.1 Å². The second kappa shape index (κ2) is 6.70. The van der Waals surface area contributed by atoms with Gasteiger partial charge in [-0.3, -0.25) is 10.4 Å². The summed E-state index contributed by atoms with van der Waals surface area (Å²) in [6.07, 6.45) is 0.597. The van der Waals surface area contributed by atoms with Crippen molar-refractivity contribution in [3.8, 4) is 16.9 Å². The molecule has 3 aromatic carbocycles. The molecule has 3 aromatic rings. The molecule has 0 saturated carbocycles. The molecule has 0 aliphatic heterocycles. The highest BCUT2D eigenvalue weighted by atomic mass is 19.1. The molecule has 122 valence electrons. The molecule has 0 radical (unpaired) electrons. The molecule has 0 saturated heterocycles. The largest absolute Gasteiger partial charge is 0.507 e. The van der Waals surface area contributed by atoms with Gasteiger partial charge in [0, 0.05) is 5.56 Å². The number of benzene rings is 3. The molecular weight excluding hydrogens is 309 g/mol. The smallest absolute Gasteiger partial charge is 0.123 e. The third-order valence-electron chi connectivity index (χ3n) is 3.77. The zero-order chi connectivity index (χ0) is 17.1. The van der Waals surface area contributed by atoms with Crippen molar-refractivity contribution in [3.63, 3.8) is 0 Å². The molecule has 0 unspecified atom stereocenters. The predicted molar refractivity (Wildman–Crippen MR) is 88.8 cm³/mol. The minimum absolute atomic E-state index is 0.0307. The Bertz CT molecular complexity index is 847. The Kier molecular flexibility index (Phi) is 4.46. The van der Waals surface area contributed by atoms with Crippen LogP contribution in [-0.4, -0.2) is 15.5 Å². The lowest BCUT2D eigenvalue weighted by Gasteiger charge is -2.12. The molecule has 0 aromatic heterocycles. The van der Waals surface area contributed by atoms with Crippen LogP contribution in [0.15, 0.2) is 66.7 Å². The summed E-state index contributed by atoms with van der Waals surface area (Å²) in [7, 11) is 0. The Morgan fingerprint density at radius 3 is 2.25 bits per heavy atom. The Hall–Kier alpha value is -2.89. The summed E-state index contributed by atoms with van der Waals surface area (Å²) >= 11 is 0. The van der Waals surface area contributed by atoms with E-state index in [9.17, 15) is 9.50 Å². The van der Waals surface area contributed by atoms with E-state index in [2.05, 4.69) is 0 Å². The van der Waals surface area contributed by atoms with Crippen LogP contribution in [0, 0.1) is 5.82 Å². The Morgan fingerprint density at radius 2 is 1.54 bits per heavy atom. The maximum Gasteiger partial charge on any atom is 0.123 e. The average molecular weight is 325 g/mol. The van der Waals surface area contributed by atoms with Gasteiger partial charge >= 0.3 is 0 Å². The number of nitrogens with zero attached hydrogens (tertiary/aromatic N) is 1. The molecule has 3 rings (SSSR count). The predicted octanol–water partition coefficient (Wildman–Crippen LogP) is 4.37. The number of hydrogen-bond acceptors (Lipinski definition) is 4. The van der Waals surface area contributed by atoms with Crippen molar-refractivity contribution in [2.75, 3.05) is 5.23 Å². The molecule has 4 nitrogen and oxygen atoms in total. The number of rotatable bonds is 4. The quantitative estimate of drug-likeness (QED) is 0.623. The standard InChI is InChI=1S/C19H16FNO3/c20-16-7-4-13(5-8-16)10-14-6-9-19(22)18(11-14)15-2-1-3-17(12-15)21(23)24/h1-9,11-12,22-24H,10H2. The summed E-state index contributed by atoms with van der Waals surface area (Å²) in [6, 6.07) is 18.0. The van der Waals surface area contributed by atoms with Gasteiger partial charge in [0.05, 0.1) is 5.69 Å². The fourth-order valence-corrected chi connectivity index (χ4v) is 2.56. The van der Waals surface area contributed by atoms with Crippen LogP contribution in [0.5, 0.6) is 5.75 Å². The van der Waals surface area contributed by atoms with Crippen LogP contribution >= 0.6 is 0 Å². The normalized spacial score (nSPS) is 10.6. The van der Waals surface area contributed by atoms with Crippen molar-refractivity contribution < 1.29 is 19.9 Å². The third kappa shape index (κ3) is 3.53. The van der Waals surface area contributed by atoms with Gasteiger partial charge in [0.2, 0.25) is 0 Å². The second-order valence-corrected chi connectivity index (χ2v) is 5.49. The Labute approximate surface area is 138 Å². The minimum atomic E-state index is -0.278. The molecule has 0 heterocycles. The van der Waals surface area contributed by atoms with Crippen molar-refractivity contribution in [3.05, 3.63) is 83.7 Å². The fourth-order valence-electron chi connectivity index (χ4n) is 2.56. The Morgan fingerprint density at radius 1 is 0.833 bits per heavy atom. The van der Waals surface area contributed by atoms with Crippen molar-refractivity contribution in [2.45, 2.75) is 6.42 Å². The van der Waals surface area contributed by atoms with Crippen LogP contribution in [0.3, 0.4) is 0 Å². The molecule has 0 spiro atoms. The van der Waals surface area contributed by atoms with Crippen molar-refractivity contribution in [1.82, 2.24) is 0 Å². The maximum absolute atomic E-state index is 13.0. The molecular formula is C19H16FNO3. The Balaban J connectivity index is 1.94. The fraction of sp³-hybridized carbons (Fsp3) is 0.0526. The van der Waals surface area contributed by atoms with Gasteiger partial charge in [0.25, 0.3) is 0 Å². The number of phenols is 1. The summed E-state index contributed by atoms with van der Waals surface area (Å²) in [5.74, 6) is -0.183. The molecule has 24 heavy (non-hydrogen) atoms. The van der Waals surface area contributed by atoms with Crippen LogP contribution in [0.4, 0.5) is 10.1 Å². The highest BCUT2D eigenvalue weighted by Crippen LogP contribution is 2.32. The van der Waals surface area contributed by atoms with Crippen LogP contribution in [0.25, 0.3) is 11.1 Å². The van der Waals surface area contributed by atoms with E-state index in [-0.39, 0.29) is 22.5 Å². The molecule has 5 heteroatoms. The monoisotopic (exact) mass is 325 g/mol. The highest BCUT2D eigenvalue weighted by molar-refractivity contribution is 5.73. The lowest BCUT2D eigenvalue weighted by molar-refractivity contribution is 0.0292. The van der Waals surface area contributed by atoms with E-state index >= 15 is 0 Å². The van der Waals surface area contributed by atoms with Crippen LogP contribution in [-0.2, 0) is 6.42 Å². The van der Waals surface area contributed by atoms with Crippen LogP contribution < -0.4 is 5.23 Å². The molecule has 3 N–H and O–H groups in total. The number of phenolic OH excluding ortho intramolecular Hbond substituents is 1. The molecule has 0 bridgehead atoms. The first-order valence-electron chi connectivity index (χ1n) is 7.37. The summed E-state index contributed by atoms with van der Waals surface area (Å²) in [5, 5.41) is 28.4. The summed E-state index contributed by atoms with van der Waals surface area (Å²) in [4.78, 5) is 0. The number of aromatic hydroxyl groups is 1. The molecule has 0 atom stereocenters.